The molecule has 0 radical (unpaired) electrons. The topological polar surface area (TPSA) is 62.3 Å². The smallest absolute Gasteiger partial charge is 0.255 e. The van der Waals surface area contributed by atoms with Gasteiger partial charge in [-0.2, -0.15) is 0 Å². The lowest BCUT2D eigenvalue weighted by Gasteiger charge is -2.24. The summed E-state index contributed by atoms with van der Waals surface area (Å²) in [6.07, 6.45) is 4.39. The van der Waals surface area contributed by atoms with E-state index in [1.807, 2.05) is 30.3 Å². The Labute approximate surface area is 140 Å². The minimum absolute atomic E-state index is 0.0726. The maximum atomic E-state index is 13.1. The first-order valence-corrected chi connectivity index (χ1v) is 8.33. The van der Waals surface area contributed by atoms with Crippen molar-refractivity contribution in [1.82, 2.24) is 10.3 Å². The van der Waals surface area contributed by atoms with E-state index in [0.29, 0.717) is 30.3 Å². The van der Waals surface area contributed by atoms with Crippen molar-refractivity contribution in [1.29, 1.82) is 0 Å². The molecule has 1 atom stereocenters. The summed E-state index contributed by atoms with van der Waals surface area (Å²) < 4.78 is 0. The number of nitrogens with one attached hydrogen (secondary N) is 1. The minimum Gasteiger partial charge on any atom is -0.340 e. The maximum absolute atomic E-state index is 13.1. The third-order valence-corrected chi connectivity index (χ3v) is 4.58. The number of anilines is 1. The Morgan fingerprint density at radius 2 is 1.88 bits per heavy atom. The zero-order valence-corrected chi connectivity index (χ0v) is 13.3. The Balaban J connectivity index is 1.68. The van der Waals surface area contributed by atoms with Crippen LogP contribution in [-0.2, 0) is 11.2 Å². The molecule has 1 aliphatic carbocycles. The van der Waals surface area contributed by atoms with Crippen LogP contribution in [0.3, 0.4) is 0 Å². The van der Waals surface area contributed by atoms with E-state index in [0.717, 1.165) is 18.4 Å². The van der Waals surface area contributed by atoms with Crippen molar-refractivity contribution in [3.8, 4) is 0 Å². The molecule has 1 aromatic carbocycles. The number of pyridine rings is 1. The van der Waals surface area contributed by atoms with Crippen LogP contribution in [0.25, 0.3) is 0 Å². The van der Waals surface area contributed by atoms with Gasteiger partial charge in [0.2, 0.25) is 0 Å². The molecular weight excluding hydrogens is 302 g/mol. The first kappa shape index (κ1) is 14.9. The number of hydrogen-bond donors (Lipinski definition) is 1. The summed E-state index contributed by atoms with van der Waals surface area (Å²) in [5, 5.41) is 2.89. The van der Waals surface area contributed by atoms with Gasteiger partial charge in [-0.25, -0.2) is 4.98 Å². The molecule has 24 heavy (non-hydrogen) atoms. The molecule has 1 aromatic heterocycles. The second-order valence-corrected chi connectivity index (χ2v) is 6.48. The number of nitrogens with zero attached hydrogens (tertiary/aromatic N) is 2. The van der Waals surface area contributed by atoms with Gasteiger partial charge in [-0.05, 0) is 36.5 Å². The van der Waals surface area contributed by atoms with Crippen molar-refractivity contribution in [2.45, 2.75) is 25.3 Å². The molecule has 1 aliphatic heterocycles. The Morgan fingerprint density at radius 3 is 2.62 bits per heavy atom. The predicted molar refractivity (Wildman–Crippen MR) is 90.7 cm³/mol. The Hall–Kier alpha value is -2.69. The second-order valence-electron chi connectivity index (χ2n) is 6.48. The van der Waals surface area contributed by atoms with E-state index < -0.39 is 6.04 Å². The van der Waals surface area contributed by atoms with Crippen molar-refractivity contribution < 1.29 is 9.59 Å². The molecule has 4 rings (SSSR count). The average molecular weight is 321 g/mol. The largest absolute Gasteiger partial charge is 0.340 e. The van der Waals surface area contributed by atoms with E-state index in [4.69, 9.17) is 0 Å². The van der Waals surface area contributed by atoms with Crippen molar-refractivity contribution >= 4 is 17.6 Å². The molecule has 5 heteroatoms. The molecule has 122 valence electrons. The minimum atomic E-state index is -0.562. The quantitative estimate of drug-likeness (QED) is 0.939. The molecule has 0 spiro atoms. The molecule has 1 N–H and O–H groups in total. The fourth-order valence-electron chi connectivity index (χ4n) is 3.10. The number of rotatable bonds is 4. The molecule has 1 fully saturated rings. The maximum Gasteiger partial charge on any atom is 0.255 e. The van der Waals surface area contributed by atoms with Crippen LogP contribution in [-0.4, -0.2) is 29.4 Å². The standard InChI is InChI=1S/C19H19N3O2/c23-18-15-7-4-10-20-17(15)22(12-14-8-9-14)19(24)16(21-18)11-13-5-2-1-3-6-13/h1-7,10,14,16H,8-9,11-12H2,(H,21,23)/t16-/m0/s1. The van der Waals surface area contributed by atoms with Gasteiger partial charge in [0.25, 0.3) is 11.8 Å². The molecule has 0 saturated heterocycles. The third kappa shape index (κ3) is 2.89. The monoisotopic (exact) mass is 321 g/mol. The molecule has 2 heterocycles. The van der Waals surface area contributed by atoms with Gasteiger partial charge in [0.15, 0.2) is 0 Å². The Morgan fingerprint density at radius 1 is 1.08 bits per heavy atom. The molecule has 2 aromatic rings. The molecule has 0 unspecified atom stereocenters. The van der Waals surface area contributed by atoms with Gasteiger partial charge in [0.1, 0.15) is 11.9 Å². The van der Waals surface area contributed by atoms with Gasteiger partial charge in [-0.3, -0.25) is 14.5 Å². The van der Waals surface area contributed by atoms with Crippen molar-refractivity contribution in [2.24, 2.45) is 5.92 Å². The first-order chi connectivity index (χ1) is 11.7. The van der Waals surface area contributed by atoms with Crippen LogP contribution in [0.1, 0.15) is 28.8 Å². The Kier molecular flexibility index (Phi) is 3.76. The van der Waals surface area contributed by atoms with Gasteiger partial charge < -0.3 is 5.32 Å². The van der Waals surface area contributed by atoms with Crippen LogP contribution in [0.15, 0.2) is 48.7 Å². The number of carbonyl (C=O) groups is 2. The van der Waals surface area contributed by atoms with Gasteiger partial charge in [-0.1, -0.05) is 30.3 Å². The van der Waals surface area contributed by atoms with Crippen LogP contribution in [0, 0.1) is 5.92 Å². The fourth-order valence-corrected chi connectivity index (χ4v) is 3.10. The highest BCUT2D eigenvalue weighted by molar-refractivity contribution is 6.10. The number of aromatic nitrogens is 1. The predicted octanol–water partition coefficient (Wildman–Crippen LogP) is 2.18. The number of amides is 2. The summed E-state index contributed by atoms with van der Waals surface area (Å²) in [5.41, 5.74) is 1.50. The number of carbonyl (C=O) groups excluding carboxylic acids is 2. The van der Waals surface area contributed by atoms with Crippen LogP contribution < -0.4 is 10.2 Å². The van der Waals surface area contributed by atoms with Crippen molar-refractivity contribution in [2.75, 3.05) is 11.4 Å². The molecule has 2 amide bonds. The zero-order valence-electron chi connectivity index (χ0n) is 13.3. The first-order valence-electron chi connectivity index (χ1n) is 8.33. The lowest BCUT2D eigenvalue weighted by molar-refractivity contribution is -0.120. The van der Waals surface area contributed by atoms with Crippen LogP contribution in [0.4, 0.5) is 5.82 Å². The van der Waals surface area contributed by atoms with E-state index >= 15 is 0 Å². The van der Waals surface area contributed by atoms with Crippen LogP contribution in [0.5, 0.6) is 0 Å². The Bertz CT molecular complexity index is 771. The summed E-state index contributed by atoms with van der Waals surface area (Å²) in [5.74, 6) is 0.707. The van der Waals surface area contributed by atoms with Crippen LogP contribution >= 0.6 is 0 Å². The van der Waals surface area contributed by atoms with E-state index in [2.05, 4.69) is 10.3 Å². The van der Waals surface area contributed by atoms with Gasteiger partial charge in [-0.15, -0.1) is 0 Å². The highest BCUT2D eigenvalue weighted by Crippen LogP contribution is 2.33. The summed E-state index contributed by atoms with van der Waals surface area (Å²) in [6.45, 7) is 0.642. The molecule has 0 bridgehead atoms. The van der Waals surface area contributed by atoms with E-state index in [1.54, 1.807) is 23.2 Å². The fraction of sp³-hybridized carbons (Fsp3) is 0.316. The summed E-state index contributed by atoms with van der Waals surface area (Å²) >= 11 is 0. The summed E-state index contributed by atoms with van der Waals surface area (Å²) in [7, 11) is 0. The zero-order chi connectivity index (χ0) is 16.5. The SMILES string of the molecule is O=C1N[C@@H](Cc2ccccc2)C(=O)N(CC2CC2)c2ncccc21. The highest BCUT2D eigenvalue weighted by atomic mass is 16.2. The lowest BCUT2D eigenvalue weighted by Crippen LogP contribution is -2.47. The number of fused-ring (bicyclic) bond motifs is 1. The van der Waals surface area contributed by atoms with Crippen molar-refractivity contribution in [3.05, 3.63) is 59.8 Å². The average Bonchev–Trinajstić information content (AvgIpc) is 3.43. The molecular formula is C19H19N3O2. The van der Waals surface area contributed by atoms with E-state index in [1.165, 1.54) is 0 Å². The second kappa shape index (κ2) is 6.07. The highest BCUT2D eigenvalue weighted by Gasteiger charge is 2.37. The van der Waals surface area contributed by atoms with Gasteiger partial charge in [0, 0.05) is 19.2 Å². The summed E-state index contributed by atoms with van der Waals surface area (Å²) in [4.78, 5) is 31.7. The molecule has 5 nitrogen and oxygen atoms in total. The van der Waals surface area contributed by atoms with E-state index in [-0.39, 0.29) is 11.8 Å². The van der Waals surface area contributed by atoms with Gasteiger partial charge >= 0.3 is 0 Å². The van der Waals surface area contributed by atoms with Crippen molar-refractivity contribution in [3.63, 3.8) is 0 Å². The summed E-state index contributed by atoms with van der Waals surface area (Å²) in [6, 6.07) is 12.7. The molecule has 1 saturated carbocycles. The molecule has 2 aliphatic rings. The third-order valence-electron chi connectivity index (χ3n) is 4.58. The number of benzene rings is 1. The van der Waals surface area contributed by atoms with E-state index in [9.17, 15) is 9.59 Å². The number of hydrogen-bond acceptors (Lipinski definition) is 3. The lowest BCUT2D eigenvalue weighted by atomic mass is 10.0. The van der Waals surface area contributed by atoms with Gasteiger partial charge in [0.05, 0.1) is 5.56 Å². The normalized spacial score (nSPS) is 20.3. The van der Waals surface area contributed by atoms with Crippen LogP contribution in [0.2, 0.25) is 0 Å².